The van der Waals surface area contributed by atoms with Gasteiger partial charge in [-0.05, 0) is 139 Å². The zero-order valence-electron chi connectivity index (χ0n) is 33.8. The number of para-hydroxylation sites is 2. The Labute approximate surface area is 339 Å². The highest BCUT2D eigenvalue weighted by Gasteiger charge is 2.14. The second kappa shape index (κ2) is 19.3. The maximum Gasteiger partial charge on any atom is 0.0541 e. The fourth-order valence-electron chi connectivity index (χ4n) is 7.17. The van der Waals surface area contributed by atoms with Gasteiger partial charge in [0.05, 0.1) is 11.0 Å². The number of nitrogens with two attached hydrogens (primary N) is 1. The molecule has 0 aliphatic carbocycles. The SMILES string of the molecule is C=C(/C=C\C=C/C)c1cc(-c2ccc3c(c2)c2ccccc2n3-c2ccccc2)ccc1N/C=C\C(=C/CN)c1cccc(C(/C=C\C)=C(C)\C(C)=C\C=C/C)c1. The fourth-order valence-corrected chi connectivity index (χ4v) is 7.17. The lowest BCUT2D eigenvalue weighted by atomic mass is 9.93. The largest absolute Gasteiger partial charge is 0.361 e. The molecule has 3 nitrogen and oxygen atoms in total. The molecule has 0 radical (unpaired) electrons. The maximum absolute atomic E-state index is 6.13. The first-order chi connectivity index (χ1) is 27.9. The van der Waals surface area contributed by atoms with Crippen LogP contribution in [0.2, 0.25) is 0 Å². The molecule has 0 saturated heterocycles. The van der Waals surface area contributed by atoms with Crippen molar-refractivity contribution in [3.05, 3.63) is 223 Å². The molecule has 6 rings (SSSR count). The Morgan fingerprint density at radius 3 is 2.16 bits per heavy atom. The van der Waals surface area contributed by atoms with E-state index in [0.29, 0.717) is 6.54 Å². The molecule has 0 spiro atoms. The van der Waals surface area contributed by atoms with Crippen LogP contribution in [0, 0.1) is 0 Å². The minimum atomic E-state index is 0.423. The Kier molecular flexibility index (Phi) is 13.5. The van der Waals surface area contributed by atoms with Crippen molar-refractivity contribution in [1.29, 1.82) is 0 Å². The van der Waals surface area contributed by atoms with E-state index in [1.807, 2.05) is 38.3 Å². The van der Waals surface area contributed by atoms with Gasteiger partial charge in [-0.15, -0.1) is 0 Å². The second-order valence-corrected chi connectivity index (χ2v) is 14.0. The molecule has 6 aromatic rings. The predicted octanol–water partition coefficient (Wildman–Crippen LogP) is 14.4. The number of nitrogens with one attached hydrogen (secondary N) is 1. The van der Waals surface area contributed by atoms with E-state index in [9.17, 15) is 0 Å². The lowest BCUT2D eigenvalue weighted by Crippen LogP contribution is -1.98. The summed E-state index contributed by atoms with van der Waals surface area (Å²) in [6, 6.07) is 41.2. The Bertz CT molecular complexity index is 2630. The highest BCUT2D eigenvalue weighted by Crippen LogP contribution is 2.37. The van der Waals surface area contributed by atoms with Crippen LogP contribution in [-0.2, 0) is 0 Å². The number of aromatic nitrogens is 1. The molecule has 5 aromatic carbocycles. The first kappa shape index (κ1) is 40.0. The average molecular weight is 744 g/mol. The molecule has 284 valence electrons. The fraction of sp³-hybridized carbons (Fsp3) is 0.111. The third-order valence-electron chi connectivity index (χ3n) is 10.2. The Morgan fingerprint density at radius 2 is 1.39 bits per heavy atom. The molecule has 3 N–H and O–H groups in total. The van der Waals surface area contributed by atoms with Crippen molar-refractivity contribution < 1.29 is 0 Å². The van der Waals surface area contributed by atoms with Crippen LogP contribution in [0.25, 0.3) is 55.3 Å². The van der Waals surface area contributed by atoms with Crippen LogP contribution < -0.4 is 11.1 Å². The van der Waals surface area contributed by atoms with Gasteiger partial charge in [0.1, 0.15) is 0 Å². The van der Waals surface area contributed by atoms with Gasteiger partial charge in [-0.3, -0.25) is 0 Å². The van der Waals surface area contributed by atoms with Crippen LogP contribution in [0.1, 0.15) is 51.3 Å². The van der Waals surface area contributed by atoms with Crippen LogP contribution >= 0.6 is 0 Å². The summed E-state index contributed by atoms with van der Waals surface area (Å²) in [6.45, 7) is 15.4. The summed E-state index contributed by atoms with van der Waals surface area (Å²) in [6.07, 6.45) is 24.9. The minimum absolute atomic E-state index is 0.423. The average Bonchev–Trinajstić information content (AvgIpc) is 3.58. The number of hydrogen-bond acceptors (Lipinski definition) is 2. The quantitative estimate of drug-likeness (QED) is 0.109. The van der Waals surface area contributed by atoms with E-state index in [4.69, 9.17) is 5.73 Å². The van der Waals surface area contributed by atoms with E-state index in [2.05, 4.69) is 201 Å². The van der Waals surface area contributed by atoms with Crippen molar-refractivity contribution in [2.75, 3.05) is 11.9 Å². The molecule has 1 aromatic heterocycles. The van der Waals surface area contributed by atoms with Gasteiger partial charge in [-0.2, -0.15) is 0 Å². The zero-order chi connectivity index (χ0) is 40.1. The first-order valence-electron chi connectivity index (χ1n) is 19.7. The minimum Gasteiger partial charge on any atom is -0.361 e. The van der Waals surface area contributed by atoms with E-state index < -0.39 is 0 Å². The maximum atomic E-state index is 6.13. The molecular formula is C54H53N3. The molecule has 0 fully saturated rings. The summed E-state index contributed by atoms with van der Waals surface area (Å²) in [5.41, 5.74) is 21.8. The van der Waals surface area contributed by atoms with E-state index in [0.717, 1.165) is 50.3 Å². The number of anilines is 1. The number of fused-ring (bicyclic) bond motifs is 3. The lowest BCUT2D eigenvalue weighted by Gasteiger charge is -2.14. The van der Waals surface area contributed by atoms with Crippen molar-refractivity contribution in [1.82, 2.24) is 4.57 Å². The summed E-state index contributed by atoms with van der Waals surface area (Å²) in [7, 11) is 0. The van der Waals surface area contributed by atoms with Crippen LogP contribution in [0.5, 0.6) is 0 Å². The van der Waals surface area contributed by atoms with Gasteiger partial charge in [0.2, 0.25) is 0 Å². The third kappa shape index (κ3) is 9.24. The van der Waals surface area contributed by atoms with E-state index >= 15 is 0 Å². The summed E-state index contributed by atoms with van der Waals surface area (Å²) in [5.74, 6) is 0. The molecule has 0 amide bonds. The van der Waals surface area contributed by atoms with Gasteiger partial charge in [-0.1, -0.05) is 134 Å². The Morgan fingerprint density at radius 1 is 0.667 bits per heavy atom. The van der Waals surface area contributed by atoms with E-state index in [1.165, 1.54) is 38.5 Å². The number of allylic oxidation sites excluding steroid dienone is 15. The predicted molar refractivity (Wildman–Crippen MR) is 251 cm³/mol. The molecule has 57 heavy (non-hydrogen) atoms. The molecule has 0 saturated carbocycles. The standard InChI is InChI=1S/C54H53N3/c1-7-10-13-21-40(5)50-37-44(45-29-31-54-51(38-45)49-26-16-17-27-53(49)57(54)47-24-14-12-15-25-47)28-30-52(50)56-35-33-42(32-34-55)43-22-18-23-46(36-43)48(19-9-3)41(6)39(4)20-11-8-2/h7-33,35-38,56H,5,34,55H2,1-4,6H3/b10-7-,11-8-,19-9-,21-13-,35-33-,39-20+,42-32+,48-41-. The molecule has 0 bridgehead atoms. The summed E-state index contributed by atoms with van der Waals surface area (Å²) in [5, 5.41) is 6.04. The van der Waals surface area contributed by atoms with E-state index in [-0.39, 0.29) is 0 Å². The van der Waals surface area contributed by atoms with Crippen molar-refractivity contribution in [3.8, 4) is 16.8 Å². The molecule has 0 aliphatic heterocycles. The van der Waals surface area contributed by atoms with Gasteiger partial charge in [0, 0.05) is 40.5 Å². The van der Waals surface area contributed by atoms with Gasteiger partial charge in [-0.25, -0.2) is 0 Å². The van der Waals surface area contributed by atoms with Crippen LogP contribution in [0.15, 0.2) is 206 Å². The zero-order valence-corrected chi connectivity index (χ0v) is 33.8. The molecular weight excluding hydrogens is 691 g/mol. The summed E-state index contributed by atoms with van der Waals surface area (Å²) < 4.78 is 2.35. The number of rotatable bonds is 14. The highest BCUT2D eigenvalue weighted by atomic mass is 15.0. The molecule has 0 unspecified atom stereocenters. The van der Waals surface area contributed by atoms with Gasteiger partial charge in [0.15, 0.2) is 0 Å². The van der Waals surface area contributed by atoms with Gasteiger partial charge >= 0.3 is 0 Å². The second-order valence-electron chi connectivity index (χ2n) is 14.0. The van der Waals surface area contributed by atoms with Crippen LogP contribution in [0.3, 0.4) is 0 Å². The van der Waals surface area contributed by atoms with Crippen molar-refractivity contribution in [3.63, 3.8) is 0 Å². The number of benzene rings is 5. The van der Waals surface area contributed by atoms with Crippen molar-refractivity contribution in [2.24, 2.45) is 5.73 Å². The normalized spacial score (nSPS) is 13.4. The highest BCUT2D eigenvalue weighted by molar-refractivity contribution is 6.10. The van der Waals surface area contributed by atoms with Crippen molar-refractivity contribution in [2.45, 2.75) is 34.6 Å². The van der Waals surface area contributed by atoms with Crippen molar-refractivity contribution >= 4 is 44.2 Å². The molecule has 3 heteroatoms. The van der Waals surface area contributed by atoms with E-state index in [1.54, 1.807) is 0 Å². The Balaban J connectivity index is 1.35. The third-order valence-corrected chi connectivity index (χ3v) is 10.2. The first-order valence-corrected chi connectivity index (χ1v) is 19.7. The molecule has 0 aliphatic rings. The topological polar surface area (TPSA) is 43.0 Å². The lowest BCUT2D eigenvalue weighted by molar-refractivity contribution is 1.18. The number of hydrogen-bond donors (Lipinski definition) is 2. The van der Waals surface area contributed by atoms with Crippen LogP contribution in [0.4, 0.5) is 5.69 Å². The molecule has 0 atom stereocenters. The molecule has 1 heterocycles. The smallest absolute Gasteiger partial charge is 0.0541 e. The van der Waals surface area contributed by atoms with Gasteiger partial charge < -0.3 is 15.6 Å². The summed E-state index contributed by atoms with van der Waals surface area (Å²) >= 11 is 0. The van der Waals surface area contributed by atoms with Crippen LogP contribution in [-0.4, -0.2) is 11.1 Å². The van der Waals surface area contributed by atoms with Gasteiger partial charge in [0.25, 0.3) is 0 Å². The monoisotopic (exact) mass is 743 g/mol. The summed E-state index contributed by atoms with van der Waals surface area (Å²) in [4.78, 5) is 0. The Hall–Kier alpha value is -6.68. The number of nitrogens with zero attached hydrogens (tertiary/aromatic N) is 1.